The molecular weight excluding hydrogens is 533 g/mol. The van der Waals surface area contributed by atoms with Crippen molar-refractivity contribution in [3.05, 3.63) is 23.3 Å². The zero-order valence-corrected chi connectivity index (χ0v) is 28.7. The van der Waals surface area contributed by atoms with Crippen molar-refractivity contribution in [2.24, 2.45) is 4.99 Å². The lowest BCUT2D eigenvalue weighted by Crippen LogP contribution is -2.44. The van der Waals surface area contributed by atoms with E-state index in [1.807, 2.05) is 30.2 Å². The van der Waals surface area contributed by atoms with Gasteiger partial charge in [0.15, 0.2) is 6.29 Å². The van der Waals surface area contributed by atoms with Crippen molar-refractivity contribution in [1.82, 2.24) is 8.61 Å². The lowest BCUT2D eigenvalue weighted by Gasteiger charge is -2.37. The highest BCUT2D eigenvalue weighted by Gasteiger charge is 2.29. The van der Waals surface area contributed by atoms with Gasteiger partial charge < -0.3 is 10.4 Å². The Labute approximate surface area is 256 Å². The third-order valence-corrected chi connectivity index (χ3v) is 9.55. The van der Waals surface area contributed by atoms with Gasteiger partial charge >= 0.3 is 0 Å². The van der Waals surface area contributed by atoms with Crippen LogP contribution in [-0.2, 0) is 10.8 Å². The van der Waals surface area contributed by atoms with E-state index < -0.39 is 0 Å². The summed E-state index contributed by atoms with van der Waals surface area (Å²) in [5.41, 5.74) is 2.66. The number of nitrogens with one attached hydrogen (secondary N) is 1. The number of anilines is 1. The van der Waals surface area contributed by atoms with Crippen LogP contribution in [-0.4, -0.2) is 44.5 Å². The average Bonchev–Trinajstić information content (AvgIpc) is 2.88. The summed E-state index contributed by atoms with van der Waals surface area (Å²) in [7, 11) is 0. The van der Waals surface area contributed by atoms with E-state index in [2.05, 4.69) is 81.4 Å². The van der Waals surface area contributed by atoms with Gasteiger partial charge in [-0.25, -0.2) is 4.99 Å². The minimum absolute atomic E-state index is 0.138. The predicted octanol–water partition coefficient (Wildman–Crippen LogP) is 10.3. The molecule has 1 atom stereocenters. The van der Waals surface area contributed by atoms with Gasteiger partial charge in [-0.15, -0.1) is 0 Å². The molecule has 2 rings (SSSR count). The Hall–Kier alpha value is -1.05. The monoisotopic (exact) mass is 592 g/mol. The van der Waals surface area contributed by atoms with Gasteiger partial charge in [-0.3, -0.25) is 4.31 Å². The summed E-state index contributed by atoms with van der Waals surface area (Å²) < 4.78 is 4.71. The number of unbranched alkanes of at least 4 members (excludes halogenated alkanes) is 10. The lowest BCUT2D eigenvalue weighted by atomic mass is 9.79. The third-order valence-electron chi connectivity index (χ3n) is 7.42. The molecule has 1 unspecified atom stereocenters. The molecule has 0 aromatic heterocycles. The number of nitrogens with zero attached hydrogens (tertiary/aromatic N) is 3. The van der Waals surface area contributed by atoms with Crippen molar-refractivity contribution in [2.75, 3.05) is 23.5 Å². The predicted molar refractivity (Wildman–Crippen MR) is 182 cm³/mol. The van der Waals surface area contributed by atoms with Crippen molar-refractivity contribution in [3.8, 4) is 5.75 Å². The molecule has 1 aromatic carbocycles. The van der Waals surface area contributed by atoms with Crippen molar-refractivity contribution in [1.29, 1.82) is 0 Å². The quantitative estimate of drug-likeness (QED) is 0.100. The molecule has 0 radical (unpaired) electrons. The van der Waals surface area contributed by atoms with Gasteiger partial charge in [-0.1, -0.05) is 132 Å². The Morgan fingerprint density at radius 3 is 1.75 bits per heavy atom. The highest BCUT2D eigenvalue weighted by atomic mass is 32.2. The van der Waals surface area contributed by atoms with Gasteiger partial charge in [0.1, 0.15) is 12.1 Å². The van der Waals surface area contributed by atoms with Gasteiger partial charge in [0.2, 0.25) is 0 Å². The van der Waals surface area contributed by atoms with Gasteiger partial charge in [0.05, 0.1) is 6.67 Å². The Kier molecular flexibility index (Phi) is 15.6. The number of phenols is 1. The molecule has 1 aliphatic rings. The molecule has 1 aromatic rings. The standard InChI is InChI=1S/C33H60N4OS2/c1-9-11-13-15-17-19-21-39-36-25-34-31(37(26-36)40-22-20-18-16-14-12-10-2)35-27-23-28(32(3,4)5)30(38)29(24-27)33(6,7)8/h23-25,31,35,38H,9-22,26H2,1-8H3. The number of aromatic hydroxyl groups is 1. The number of hydrogen-bond donors (Lipinski definition) is 2. The van der Waals surface area contributed by atoms with Crippen LogP contribution in [0.2, 0.25) is 0 Å². The zero-order chi connectivity index (χ0) is 29.6. The van der Waals surface area contributed by atoms with E-state index in [0.29, 0.717) is 5.75 Å². The minimum atomic E-state index is -0.159. The van der Waals surface area contributed by atoms with E-state index in [-0.39, 0.29) is 17.1 Å². The van der Waals surface area contributed by atoms with Gasteiger partial charge in [-0.05, 0) is 47.8 Å². The van der Waals surface area contributed by atoms with Crippen molar-refractivity contribution < 1.29 is 5.11 Å². The van der Waals surface area contributed by atoms with Crippen molar-refractivity contribution in [3.63, 3.8) is 0 Å². The third kappa shape index (κ3) is 12.4. The summed E-state index contributed by atoms with van der Waals surface area (Å²) in [6.45, 7) is 18.4. The normalized spacial score (nSPS) is 16.6. The second-order valence-corrected chi connectivity index (χ2v) is 15.7. The summed E-state index contributed by atoms with van der Waals surface area (Å²) in [6, 6.07) is 4.24. The number of benzene rings is 1. The topological polar surface area (TPSA) is 51.1 Å². The average molecular weight is 593 g/mol. The molecule has 1 aliphatic heterocycles. The van der Waals surface area contributed by atoms with Gasteiger partial charge in [0, 0.05) is 28.3 Å². The minimum Gasteiger partial charge on any atom is -0.507 e. The molecule has 5 nitrogen and oxygen atoms in total. The molecule has 0 saturated heterocycles. The maximum Gasteiger partial charge on any atom is 0.188 e. The Bertz CT molecular complexity index is 843. The van der Waals surface area contributed by atoms with Crippen molar-refractivity contribution >= 4 is 35.9 Å². The molecule has 230 valence electrons. The first-order valence-electron chi connectivity index (χ1n) is 15.9. The molecule has 2 N–H and O–H groups in total. The highest BCUT2D eigenvalue weighted by molar-refractivity contribution is 7.98. The molecular formula is C33H60N4OS2. The Morgan fingerprint density at radius 2 is 1.25 bits per heavy atom. The van der Waals surface area contributed by atoms with E-state index >= 15 is 0 Å². The van der Waals surface area contributed by atoms with Gasteiger partial charge in [-0.2, -0.15) is 4.31 Å². The molecule has 0 spiro atoms. The fourth-order valence-electron chi connectivity index (χ4n) is 4.90. The van der Waals surface area contributed by atoms with Crippen LogP contribution in [0.25, 0.3) is 0 Å². The lowest BCUT2D eigenvalue weighted by molar-refractivity contribution is 0.320. The number of aliphatic imine (C=N–C) groups is 1. The molecule has 0 amide bonds. The fourth-order valence-corrected chi connectivity index (χ4v) is 6.89. The summed E-state index contributed by atoms with van der Waals surface area (Å²) in [5, 5.41) is 14.9. The van der Waals surface area contributed by atoms with Crippen molar-refractivity contribution in [2.45, 2.75) is 150 Å². The second kappa shape index (κ2) is 17.8. The van der Waals surface area contributed by atoms with Crippen LogP contribution in [0.5, 0.6) is 5.75 Å². The SMILES string of the molecule is CCCCCCCCSN1C=NC(Nc2cc(C(C)(C)C)c(O)c(C(C)(C)C)c2)N(SCCCCCCCC)C1. The smallest absolute Gasteiger partial charge is 0.188 e. The van der Waals surface area contributed by atoms with Crippen LogP contribution in [0.4, 0.5) is 5.69 Å². The molecule has 7 heteroatoms. The van der Waals surface area contributed by atoms with E-state index in [1.54, 1.807) is 0 Å². The number of phenolic OH excluding ortho intramolecular Hbond substituents is 1. The Balaban J connectivity index is 2.11. The molecule has 0 fully saturated rings. The maximum atomic E-state index is 11.2. The fraction of sp³-hybridized carbons (Fsp3) is 0.788. The first kappa shape index (κ1) is 35.1. The molecule has 0 saturated carbocycles. The molecule has 0 aliphatic carbocycles. The first-order chi connectivity index (χ1) is 19.0. The van der Waals surface area contributed by atoms with E-state index in [1.165, 1.54) is 77.0 Å². The molecule has 0 bridgehead atoms. The van der Waals surface area contributed by atoms with Crippen LogP contribution < -0.4 is 5.32 Å². The molecule has 40 heavy (non-hydrogen) atoms. The first-order valence-corrected chi connectivity index (χ1v) is 17.8. The Morgan fingerprint density at radius 1 is 0.775 bits per heavy atom. The summed E-state index contributed by atoms with van der Waals surface area (Å²) in [6.07, 6.45) is 17.8. The highest BCUT2D eigenvalue weighted by Crippen LogP contribution is 2.41. The van der Waals surface area contributed by atoms with Gasteiger partial charge in [0.25, 0.3) is 0 Å². The van der Waals surface area contributed by atoms with Crippen LogP contribution >= 0.6 is 23.9 Å². The number of hydrogen-bond acceptors (Lipinski definition) is 7. The van der Waals surface area contributed by atoms with Crippen LogP contribution in [0.1, 0.15) is 144 Å². The molecule has 1 heterocycles. The summed E-state index contributed by atoms with van der Waals surface area (Å²) in [5.74, 6) is 2.68. The van der Waals surface area contributed by atoms with E-state index in [9.17, 15) is 5.11 Å². The van der Waals surface area contributed by atoms with Crippen LogP contribution in [0.15, 0.2) is 17.1 Å². The number of rotatable bonds is 18. The van der Waals surface area contributed by atoms with E-state index in [0.717, 1.165) is 35.0 Å². The zero-order valence-electron chi connectivity index (χ0n) is 27.0. The maximum absolute atomic E-state index is 11.2. The van der Waals surface area contributed by atoms with Crippen LogP contribution in [0, 0.1) is 0 Å². The summed E-state index contributed by atoms with van der Waals surface area (Å²) in [4.78, 5) is 4.98. The van der Waals surface area contributed by atoms with Crippen LogP contribution in [0.3, 0.4) is 0 Å². The second-order valence-electron chi connectivity index (χ2n) is 13.4. The summed E-state index contributed by atoms with van der Waals surface area (Å²) >= 11 is 3.83. The largest absolute Gasteiger partial charge is 0.507 e. The van der Waals surface area contributed by atoms with E-state index in [4.69, 9.17) is 4.99 Å².